The highest BCUT2D eigenvalue weighted by molar-refractivity contribution is 9.10. The number of nitrogen functional groups attached to an aromatic ring is 2. The van der Waals surface area contributed by atoms with Crippen molar-refractivity contribution in [1.29, 1.82) is 0 Å². The molecule has 3 fully saturated rings. The topological polar surface area (TPSA) is 171 Å². The maximum atomic E-state index is 12.1. The van der Waals surface area contributed by atoms with Gasteiger partial charge in [-0.25, -0.2) is 13.9 Å². The molecule has 3 aliphatic rings. The van der Waals surface area contributed by atoms with Crippen molar-refractivity contribution in [3.8, 4) is 0 Å². The van der Waals surface area contributed by atoms with Gasteiger partial charge >= 0.3 is 12.4 Å². The van der Waals surface area contributed by atoms with Gasteiger partial charge in [0, 0.05) is 55.8 Å². The third-order valence-corrected chi connectivity index (χ3v) is 6.39. The van der Waals surface area contributed by atoms with E-state index in [9.17, 15) is 45.5 Å². The summed E-state index contributed by atoms with van der Waals surface area (Å²) in [5.74, 6) is -0.856. The molecule has 2 aromatic heterocycles. The summed E-state index contributed by atoms with van der Waals surface area (Å²) in [4.78, 5) is 48.0. The van der Waals surface area contributed by atoms with E-state index in [-0.39, 0.29) is 54.6 Å². The van der Waals surface area contributed by atoms with Crippen LogP contribution in [0.2, 0.25) is 0 Å². The Kier molecular flexibility index (Phi) is 20.1. The van der Waals surface area contributed by atoms with Crippen LogP contribution in [0.5, 0.6) is 0 Å². The number of imide groups is 2. The van der Waals surface area contributed by atoms with Crippen LogP contribution in [0.25, 0.3) is 0 Å². The van der Waals surface area contributed by atoms with E-state index >= 15 is 0 Å². The van der Waals surface area contributed by atoms with Crippen molar-refractivity contribution < 1.29 is 50.3 Å². The largest absolute Gasteiger partial charge is 0.417 e. The van der Waals surface area contributed by atoms with Crippen molar-refractivity contribution in [3.63, 3.8) is 0 Å². The van der Waals surface area contributed by atoms with Gasteiger partial charge in [-0.15, -0.1) is 0 Å². The molecule has 2 aromatic rings. The maximum absolute atomic E-state index is 12.1. The van der Waals surface area contributed by atoms with Crippen molar-refractivity contribution >= 4 is 67.3 Å². The minimum atomic E-state index is -4.39. The molecule has 5 rings (SSSR count). The van der Waals surface area contributed by atoms with E-state index in [1.54, 1.807) is 0 Å². The number of ether oxygens (including phenoxy) is 1. The number of halogens is 8. The minimum Gasteiger partial charge on any atom is -0.384 e. The molecule has 3 aliphatic heterocycles. The van der Waals surface area contributed by atoms with Crippen molar-refractivity contribution in [3.05, 3.63) is 46.2 Å². The Hall–Kier alpha value is -3.32. The molecule has 0 aromatic carbocycles. The first-order valence-corrected chi connectivity index (χ1v) is 13.6. The molecular formula is C26H34Br2F6N6O5. The van der Waals surface area contributed by atoms with Gasteiger partial charge in [0.15, 0.2) is 0 Å². The molecule has 0 radical (unpaired) electrons. The quantitative estimate of drug-likeness (QED) is 0.163. The van der Waals surface area contributed by atoms with E-state index in [1.165, 1.54) is 12.8 Å². The van der Waals surface area contributed by atoms with Gasteiger partial charge in [-0.3, -0.25) is 24.5 Å². The molecule has 0 spiro atoms. The number of hydrogen-bond donors (Lipinski definition) is 3. The number of anilines is 2. The van der Waals surface area contributed by atoms with Crippen molar-refractivity contribution in [2.45, 2.75) is 65.7 Å². The fourth-order valence-corrected chi connectivity index (χ4v) is 3.66. The van der Waals surface area contributed by atoms with Gasteiger partial charge in [0.1, 0.15) is 11.6 Å². The second-order valence-electron chi connectivity index (χ2n) is 8.41. The van der Waals surface area contributed by atoms with Gasteiger partial charge in [-0.1, -0.05) is 14.9 Å². The SMILES string of the molecule is C.C.C1CCOC1.Nc1cc(C(F)(F)F)c(Br)cn1.Nc1cc(C(F)(F)F)ccn1.O=C1CCC(=O)N1.O=C1CCC(=O)N1Br. The normalized spacial score (nSPS) is 15.3. The number of pyridine rings is 2. The van der Waals surface area contributed by atoms with E-state index in [2.05, 4.69) is 47.4 Å². The highest BCUT2D eigenvalue weighted by atomic mass is 79.9. The van der Waals surface area contributed by atoms with Crippen molar-refractivity contribution in [2.75, 3.05) is 24.7 Å². The smallest absolute Gasteiger partial charge is 0.384 e. The fourth-order valence-electron chi connectivity index (χ4n) is 2.86. The lowest BCUT2D eigenvalue weighted by Crippen LogP contribution is -2.18. The molecule has 11 nitrogen and oxygen atoms in total. The molecule has 0 atom stereocenters. The number of alkyl halides is 6. The Morgan fingerprint density at radius 2 is 1.29 bits per heavy atom. The molecule has 5 heterocycles. The molecule has 45 heavy (non-hydrogen) atoms. The Morgan fingerprint density at radius 3 is 1.56 bits per heavy atom. The van der Waals surface area contributed by atoms with E-state index in [0.29, 0.717) is 25.7 Å². The lowest BCUT2D eigenvalue weighted by Gasteiger charge is -2.08. The molecule has 254 valence electrons. The van der Waals surface area contributed by atoms with Gasteiger partial charge in [0.05, 0.1) is 27.3 Å². The van der Waals surface area contributed by atoms with Crippen LogP contribution in [0.4, 0.5) is 38.0 Å². The summed E-state index contributed by atoms with van der Waals surface area (Å²) in [7, 11) is 0. The first-order chi connectivity index (χ1) is 19.9. The summed E-state index contributed by atoms with van der Waals surface area (Å²) in [6.45, 7) is 2.00. The molecule has 5 N–H and O–H groups in total. The molecule has 0 bridgehead atoms. The second-order valence-corrected chi connectivity index (χ2v) is 9.98. The molecule has 19 heteroatoms. The zero-order chi connectivity index (χ0) is 32.8. The van der Waals surface area contributed by atoms with Gasteiger partial charge in [-0.05, 0) is 47.0 Å². The molecule has 4 amide bonds. The predicted molar refractivity (Wildman–Crippen MR) is 161 cm³/mol. The van der Waals surface area contributed by atoms with E-state index in [0.717, 1.165) is 47.7 Å². The minimum absolute atomic E-state index is 0. The Balaban J connectivity index is 0. The number of carbonyl (C=O) groups excluding carboxylic acids is 4. The Morgan fingerprint density at radius 1 is 0.800 bits per heavy atom. The van der Waals surface area contributed by atoms with Crippen molar-refractivity contribution in [1.82, 2.24) is 19.2 Å². The maximum Gasteiger partial charge on any atom is 0.417 e. The van der Waals surface area contributed by atoms with Gasteiger partial charge in [0.25, 0.3) is 0 Å². The first-order valence-electron chi connectivity index (χ1n) is 12.1. The average molecular weight is 784 g/mol. The number of amides is 4. The highest BCUT2D eigenvalue weighted by Gasteiger charge is 2.33. The Bertz CT molecular complexity index is 1230. The number of hydrogen-bond acceptors (Lipinski definition) is 9. The number of carbonyl (C=O) groups is 4. The standard InChI is InChI=1S/C6H4BrF3N2.C6H5F3N2.C4H4BrNO2.C4H5NO2.C4H8O.2CH4/c7-4-2-12-5(11)1-3(4)6(8,9)10;7-6(8,9)4-1-2-11-5(10)3-4;5-6-3(7)1-2-4(6)8;6-3-1-2-4(7)5-3;1-2-4-5-3-1;;/h1-2H,(H2,11,12);1-3H,(H2,10,11);1-2H2;1-2H2,(H,5,6,7);1-4H2;2*1H4. The summed E-state index contributed by atoms with van der Waals surface area (Å²) < 4.78 is 77.8. The van der Waals surface area contributed by atoms with Crippen LogP contribution in [0.1, 0.15) is 64.5 Å². The summed E-state index contributed by atoms with van der Waals surface area (Å²) in [5, 5.41) is 2.14. The fraction of sp³-hybridized carbons (Fsp3) is 0.462. The zero-order valence-corrected chi connectivity index (χ0v) is 25.3. The molecule has 0 saturated carbocycles. The Labute approximate surface area is 272 Å². The number of nitrogens with zero attached hydrogens (tertiary/aromatic N) is 3. The summed E-state index contributed by atoms with van der Waals surface area (Å²) in [5.41, 5.74) is 8.55. The van der Waals surface area contributed by atoms with Crippen LogP contribution < -0.4 is 16.8 Å². The monoisotopic (exact) mass is 782 g/mol. The third-order valence-electron chi connectivity index (χ3n) is 4.97. The van der Waals surface area contributed by atoms with E-state index in [1.807, 2.05) is 0 Å². The summed E-state index contributed by atoms with van der Waals surface area (Å²) in [6, 6.07) is 2.44. The lowest BCUT2D eigenvalue weighted by atomic mass is 10.2. The van der Waals surface area contributed by atoms with Crippen LogP contribution in [0, 0.1) is 0 Å². The first kappa shape index (κ1) is 43.8. The van der Waals surface area contributed by atoms with Crippen molar-refractivity contribution in [2.24, 2.45) is 0 Å². The molecule has 0 aliphatic carbocycles. The van der Waals surface area contributed by atoms with Crippen LogP contribution in [0.15, 0.2) is 35.1 Å². The summed E-state index contributed by atoms with van der Waals surface area (Å²) in [6.07, 6.45) is -2.67. The predicted octanol–water partition coefficient (Wildman–Crippen LogP) is 6.07. The number of nitrogens with two attached hydrogens (primary N) is 2. The third kappa shape index (κ3) is 17.7. The van der Waals surface area contributed by atoms with Gasteiger partial charge in [-0.2, -0.15) is 26.3 Å². The van der Waals surface area contributed by atoms with E-state index in [4.69, 9.17) is 16.2 Å². The second kappa shape index (κ2) is 20.7. The van der Waals surface area contributed by atoms with Crippen LogP contribution >= 0.6 is 32.1 Å². The highest BCUT2D eigenvalue weighted by Crippen LogP contribution is 2.35. The van der Waals surface area contributed by atoms with Gasteiger partial charge < -0.3 is 16.2 Å². The van der Waals surface area contributed by atoms with Crippen LogP contribution in [0.3, 0.4) is 0 Å². The molecular weight excluding hydrogens is 750 g/mol. The number of nitrogens with one attached hydrogen (secondary N) is 1. The number of aromatic nitrogens is 2. The van der Waals surface area contributed by atoms with Gasteiger partial charge in [0.2, 0.25) is 23.6 Å². The average Bonchev–Trinajstić information content (AvgIpc) is 3.68. The molecule has 3 saturated heterocycles. The van der Waals surface area contributed by atoms with Crippen LogP contribution in [-0.2, 0) is 36.3 Å². The molecule has 0 unspecified atom stereocenters. The lowest BCUT2D eigenvalue weighted by molar-refractivity contribution is -0.138. The zero-order valence-electron chi connectivity index (χ0n) is 22.1. The number of rotatable bonds is 0. The van der Waals surface area contributed by atoms with Crippen LogP contribution in [-0.4, -0.2) is 50.7 Å². The van der Waals surface area contributed by atoms with E-state index < -0.39 is 23.5 Å². The summed E-state index contributed by atoms with van der Waals surface area (Å²) >= 11 is 5.53.